The zero-order valence-corrected chi connectivity index (χ0v) is 12.0. The minimum Gasteiger partial charge on any atom is -0.277 e. The molecule has 0 unspecified atom stereocenters. The summed E-state index contributed by atoms with van der Waals surface area (Å²) in [6.45, 7) is 11.5. The second-order valence-electron chi connectivity index (χ2n) is 6.42. The van der Waals surface area contributed by atoms with Crippen molar-refractivity contribution in [3.8, 4) is 0 Å². The standard InChI is InChI=1S/C13H22N2O3/c1-8(2)12(3,4)7-15-10(17)13(5,6)9(16)14-11(15)18/h8H,7H2,1-6H3,(H,14,16,18). The Morgan fingerprint density at radius 3 is 2.17 bits per heavy atom. The Morgan fingerprint density at radius 2 is 1.72 bits per heavy atom. The largest absolute Gasteiger partial charge is 0.330 e. The Labute approximate surface area is 108 Å². The summed E-state index contributed by atoms with van der Waals surface area (Å²) in [6.07, 6.45) is 0. The number of hydrogen-bond acceptors (Lipinski definition) is 3. The maximum atomic E-state index is 12.2. The average Bonchev–Trinajstić information content (AvgIpc) is 2.22. The smallest absolute Gasteiger partial charge is 0.277 e. The van der Waals surface area contributed by atoms with Crippen LogP contribution in [0, 0.1) is 16.7 Å². The van der Waals surface area contributed by atoms with Gasteiger partial charge in [0.1, 0.15) is 5.41 Å². The van der Waals surface area contributed by atoms with Gasteiger partial charge in [-0.05, 0) is 25.2 Å². The van der Waals surface area contributed by atoms with E-state index in [2.05, 4.69) is 5.32 Å². The third-order valence-corrected chi connectivity index (χ3v) is 3.94. The van der Waals surface area contributed by atoms with Crippen molar-refractivity contribution in [3.05, 3.63) is 0 Å². The highest BCUT2D eigenvalue weighted by Gasteiger charge is 2.48. The summed E-state index contributed by atoms with van der Waals surface area (Å²) in [5, 5.41) is 2.24. The van der Waals surface area contributed by atoms with Crippen LogP contribution in [0.15, 0.2) is 0 Å². The van der Waals surface area contributed by atoms with E-state index < -0.39 is 23.3 Å². The van der Waals surface area contributed by atoms with Crippen LogP contribution in [0.5, 0.6) is 0 Å². The first kappa shape index (κ1) is 14.7. The molecule has 4 amide bonds. The molecule has 1 aliphatic rings. The SMILES string of the molecule is CC(C)C(C)(C)CN1C(=O)NC(=O)C(C)(C)C1=O. The zero-order valence-electron chi connectivity index (χ0n) is 12.0. The molecule has 1 rings (SSSR count). The van der Waals surface area contributed by atoms with Gasteiger partial charge in [-0.3, -0.25) is 19.8 Å². The Hall–Kier alpha value is -1.39. The van der Waals surface area contributed by atoms with E-state index in [1.807, 2.05) is 27.7 Å². The maximum absolute atomic E-state index is 12.2. The van der Waals surface area contributed by atoms with Crippen LogP contribution in [-0.4, -0.2) is 29.3 Å². The fraction of sp³-hybridized carbons (Fsp3) is 0.769. The first-order chi connectivity index (χ1) is 8.00. The van der Waals surface area contributed by atoms with Gasteiger partial charge < -0.3 is 0 Å². The zero-order chi connectivity index (χ0) is 14.3. The average molecular weight is 254 g/mol. The normalized spacial score (nSPS) is 20.4. The van der Waals surface area contributed by atoms with Gasteiger partial charge in [-0.25, -0.2) is 4.79 Å². The van der Waals surface area contributed by atoms with Gasteiger partial charge in [-0.1, -0.05) is 27.7 Å². The van der Waals surface area contributed by atoms with Crippen molar-refractivity contribution in [2.45, 2.75) is 41.5 Å². The van der Waals surface area contributed by atoms with Gasteiger partial charge in [0.2, 0.25) is 11.8 Å². The number of amides is 4. The number of barbiturate groups is 1. The van der Waals surface area contributed by atoms with Gasteiger partial charge in [-0.15, -0.1) is 0 Å². The maximum Gasteiger partial charge on any atom is 0.330 e. The third-order valence-electron chi connectivity index (χ3n) is 3.94. The number of carbonyl (C=O) groups excluding carboxylic acids is 3. The summed E-state index contributed by atoms with van der Waals surface area (Å²) in [6, 6.07) is -0.613. The van der Waals surface area contributed by atoms with Crippen molar-refractivity contribution in [2.75, 3.05) is 6.54 Å². The van der Waals surface area contributed by atoms with E-state index in [4.69, 9.17) is 0 Å². The van der Waals surface area contributed by atoms with Crippen molar-refractivity contribution >= 4 is 17.8 Å². The molecular weight excluding hydrogens is 232 g/mol. The van der Waals surface area contributed by atoms with Gasteiger partial charge in [0, 0.05) is 6.54 Å². The number of urea groups is 1. The van der Waals surface area contributed by atoms with Crippen LogP contribution >= 0.6 is 0 Å². The molecule has 0 aromatic rings. The molecule has 5 nitrogen and oxygen atoms in total. The lowest BCUT2D eigenvalue weighted by Crippen LogP contribution is -2.63. The summed E-state index contributed by atoms with van der Waals surface area (Å²) in [4.78, 5) is 36.7. The van der Waals surface area contributed by atoms with Crippen LogP contribution in [0.1, 0.15) is 41.5 Å². The molecule has 1 fully saturated rings. The molecule has 0 radical (unpaired) electrons. The Kier molecular flexibility index (Phi) is 3.56. The monoisotopic (exact) mass is 254 g/mol. The minimum absolute atomic E-state index is 0.191. The molecule has 1 aliphatic heterocycles. The molecule has 0 saturated carbocycles. The lowest BCUT2D eigenvalue weighted by atomic mass is 9.79. The Bertz CT molecular complexity index is 397. The van der Waals surface area contributed by atoms with E-state index in [0.29, 0.717) is 12.5 Å². The molecule has 1 saturated heterocycles. The molecule has 0 spiro atoms. The molecule has 18 heavy (non-hydrogen) atoms. The second kappa shape index (κ2) is 4.37. The fourth-order valence-electron chi connectivity index (χ4n) is 1.58. The molecule has 1 N–H and O–H groups in total. The van der Waals surface area contributed by atoms with E-state index in [1.165, 1.54) is 13.8 Å². The first-order valence-corrected chi connectivity index (χ1v) is 6.17. The van der Waals surface area contributed by atoms with Crippen LogP contribution in [-0.2, 0) is 9.59 Å². The highest BCUT2D eigenvalue weighted by Crippen LogP contribution is 2.31. The number of imide groups is 2. The highest BCUT2D eigenvalue weighted by atomic mass is 16.2. The van der Waals surface area contributed by atoms with E-state index in [1.54, 1.807) is 0 Å². The van der Waals surface area contributed by atoms with Crippen LogP contribution in [0.4, 0.5) is 4.79 Å². The van der Waals surface area contributed by atoms with Gasteiger partial charge in [0.05, 0.1) is 0 Å². The first-order valence-electron chi connectivity index (χ1n) is 6.17. The molecule has 0 aromatic heterocycles. The van der Waals surface area contributed by atoms with Crippen molar-refractivity contribution in [1.29, 1.82) is 0 Å². The lowest BCUT2D eigenvalue weighted by molar-refractivity contribution is -0.150. The van der Waals surface area contributed by atoms with E-state index in [9.17, 15) is 14.4 Å². The molecule has 5 heteroatoms. The molecule has 102 valence electrons. The van der Waals surface area contributed by atoms with Gasteiger partial charge in [0.25, 0.3) is 0 Å². The summed E-state index contributed by atoms with van der Waals surface area (Å²) in [5.74, 6) is -0.639. The molecule has 0 aliphatic carbocycles. The van der Waals surface area contributed by atoms with E-state index in [-0.39, 0.29) is 5.41 Å². The van der Waals surface area contributed by atoms with Crippen LogP contribution < -0.4 is 5.32 Å². The predicted molar refractivity (Wildman–Crippen MR) is 67.7 cm³/mol. The summed E-state index contributed by atoms with van der Waals surface area (Å²) < 4.78 is 0. The number of nitrogens with zero attached hydrogens (tertiary/aromatic N) is 1. The minimum atomic E-state index is -1.18. The Balaban J connectivity index is 2.99. The molecule has 1 heterocycles. The van der Waals surface area contributed by atoms with Crippen molar-refractivity contribution < 1.29 is 14.4 Å². The second-order valence-corrected chi connectivity index (χ2v) is 6.42. The number of nitrogens with one attached hydrogen (secondary N) is 1. The number of carbonyl (C=O) groups is 3. The molecule has 0 bridgehead atoms. The molecule has 0 atom stereocenters. The topological polar surface area (TPSA) is 66.5 Å². The highest BCUT2D eigenvalue weighted by molar-refractivity contribution is 6.18. The molecular formula is C13H22N2O3. The van der Waals surface area contributed by atoms with Crippen molar-refractivity contribution in [3.63, 3.8) is 0 Å². The van der Waals surface area contributed by atoms with Crippen molar-refractivity contribution in [1.82, 2.24) is 10.2 Å². The number of hydrogen-bond donors (Lipinski definition) is 1. The lowest BCUT2D eigenvalue weighted by Gasteiger charge is -2.40. The molecule has 0 aromatic carbocycles. The van der Waals surface area contributed by atoms with Crippen LogP contribution in [0.2, 0.25) is 0 Å². The van der Waals surface area contributed by atoms with Gasteiger partial charge >= 0.3 is 6.03 Å². The fourth-order valence-corrected chi connectivity index (χ4v) is 1.58. The number of rotatable bonds is 3. The summed E-state index contributed by atoms with van der Waals surface area (Å²) in [5.41, 5.74) is -1.37. The van der Waals surface area contributed by atoms with Gasteiger partial charge in [0.15, 0.2) is 0 Å². The van der Waals surface area contributed by atoms with E-state index >= 15 is 0 Å². The summed E-state index contributed by atoms with van der Waals surface area (Å²) in [7, 11) is 0. The predicted octanol–water partition coefficient (Wildman–Crippen LogP) is 1.77. The van der Waals surface area contributed by atoms with E-state index in [0.717, 1.165) is 4.90 Å². The van der Waals surface area contributed by atoms with Crippen LogP contribution in [0.3, 0.4) is 0 Å². The van der Waals surface area contributed by atoms with Crippen LogP contribution in [0.25, 0.3) is 0 Å². The quantitative estimate of drug-likeness (QED) is 0.781. The van der Waals surface area contributed by atoms with Crippen molar-refractivity contribution in [2.24, 2.45) is 16.7 Å². The summed E-state index contributed by atoms with van der Waals surface area (Å²) >= 11 is 0. The Morgan fingerprint density at radius 1 is 1.22 bits per heavy atom. The van der Waals surface area contributed by atoms with Gasteiger partial charge in [-0.2, -0.15) is 0 Å². The third kappa shape index (κ3) is 2.40.